The summed E-state index contributed by atoms with van der Waals surface area (Å²) in [7, 11) is 0. The number of hydrogen-bond donors (Lipinski definition) is 1. The largest absolute Gasteiger partial charge is 0.476 e. The summed E-state index contributed by atoms with van der Waals surface area (Å²) in [6.07, 6.45) is 10.2. The molecule has 2 aliphatic carbocycles. The molecule has 0 atom stereocenters. The number of ether oxygens (including phenoxy) is 1. The third kappa shape index (κ3) is 4.64. The molecule has 0 aromatic carbocycles. The summed E-state index contributed by atoms with van der Waals surface area (Å²) in [6.45, 7) is 12.0. The molecule has 154 valence electrons. The summed E-state index contributed by atoms with van der Waals surface area (Å²) < 4.78 is 7.88. The van der Waals surface area contributed by atoms with Crippen molar-refractivity contribution in [3.8, 4) is 5.88 Å². The highest BCUT2D eigenvalue weighted by atomic mass is 35.5. The van der Waals surface area contributed by atoms with E-state index in [4.69, 9.17) is 22.9 Å². The van der Waals surface area contributed by atoms with Crippen LogP contribution in [0.1, 0.15) is 57.2 Å². The lowest BCUT2D eigenvalue weighted by molar-refractivity contribution is 0.183. The van der Waals surface area contributed by atoms with E-state index in [0.29, 0.717) is 35.4 Å². The summed E-state index contributed by atoms with van der Waals surface area (Å²) in [4.78, 5) is 12.3. The lowest BCUT2D eigenvalue weighted by Gasteiger charge is -2.26. The lowest BCUT2D eigenvalue weighted by atomic mass is 9.83. The third-order valence-electron chi connectivity index (χ3n) is 6.11. The minimum Gasteiger partial charge on any atom is -0.476 e. The van der Waals surface area contributed by atoms with E-state index in [9.17, 15) is 0 Å². The average molecular weight is 415 g/mol. The fourth-order valence-electron chi connectivity index (χ4n) is 4.00. The molecular weight excluding hydrogens is 388 g/mol. The van der Waals surface area contributed by atoms with E-state index in [0.717, 1.165) is 30.1 Å². The predicted molar refractivity (Wildman–Crippen MR) is 113 cm³/mol. The number of anilines is 2. The summed E-state index contributed by atoms with van der Waals surface area (Å²) >= 11 is 6.25. The zero-order valence-corrected chi connectivity index (χ0v) is 17.7. The van der Waals surface area contributed by atoms with Gasteiger partial charge < -0.3 is 14.9 Å². The second kappa shape index (κ2) is 8.58. The lowest BCUT2D eigenvalue weighted by Crippen LogP contribution is -2.29. The van der Waals surface area contributed by atoms with Crippen molar-refractivity contribution in [1.29, 1.82) is 0 Å². The Morgan fingerprint density at radius 3 is 2.79 bits per heavy atom. The van der Waals surface area contributed by atoms with Crippen molar-refractivity contribution in [2.75, 3.05) is 11.9 Å². The van der Waals surface area contributed by atoms with Crippen LogP contribution >= 0.6 is 11.6 Å². The van der Waals surface area contributed by atoms with Crippen molar-refractivity contribution in [3.63, 3.8) is 0 Å². The van der Waals surface area contributed by atoms with E-state index in [1.54, 1.807) is 6.20 Å². The number of nitrogens with one attached hydrogen (secondary N) is 1. The molecule has 2 fully saturated rings. The summed E-state index contributed by atoms with van der Waals surface area (Å²) in [5.41, 5.74) is 1.72. The van der Waals surface area contributed by atoms with E-state index in [-0.39, 0.29) is 6.04 Å². The second-order valence-corrected chi connectivity index (χ2v) is 8.83. The summed E-state index contributed by atoms with van der Waals surface area (Å²) in [6, 6.07) is 0.430. The standard InChI is InChI=1S/C21H27ClN6O/c1-13-4-6-15(7-5-13)12-29-20-18(22)10-24-21(26-20)25-19-11-28(27-14(19)2)17-8-16(9-17)23-3/h10-11,13,15-17H,4-9,12H2,1-2H3,(H,24,25,26). The minimum absolute atomic E-state index is 0.132. The topological polar surface area (TPSA) is 69.2 Å². The molecule has 4 rings (SSSR count). The molecule has 0 bridgehead atoms. The molecule has 0 aliphatic heterocycles. The van der Waals surface area contributed by atoms with Crippen LogP contribution in [0.25, 0.3) is 4.85 Å². The van der Waals surface area contributed by atoms with Crippen LogP contribution < -0.4 is 10.1 Å². The quantitative estimate of drug-likeness (QED) is 0.657. The number of rotatable bonds is 6. The van der Waals surface area contributed by atoms with Gasteiger partial charge in [-0.15, -0.1) is 0 Å². The maximum atomic E-state index is 7.10. The van der Waals surface area contributed by atoms with Crippen molar-refractivity contribution in [3.05, 3.63) is 34.5 Å². The van der Waals surface area contributed by atoms with Crippen molar-refractivity contribution in [2.24, 2.45) is 11.8 Å². The monoisotopic (exact) mass is 414 g/mol. The molecule has 2 aromatic heterocycles. The number of halogens is 1. The maximum Gasteiger partial charge on any atom is 0.237 e. The van der Waals surface area contributed by atoms with E-state index >= 15 is 0 Å². The molecule has 0 spiro atoms. The van der Waals surface area contributed by atoms with Gasteiger partial charge in [0.25, 0.3) is 0 Å². The van der Waals surface area contributed by atoms with Gasteiger partial charge in [0.2, 0.25) is 17.9 Å². The van der Waals surface area contributed by atoms with Crippen LogP contribution in [-0.4, -0.2) is 32.4 Å². The molecule has 29 heavy (non-hydrogen) atoms. The highest BCUT2D eigenvalue weighted by Crippen LogP contribution is 2.35. The molecule has 8 heteroatoms. The highest BCUT2D eigenvalue weighted by molar-refractivity contribution is 6.31. The Bertz CT molecular complexity index is 893. The molecule has 0 saturated heterocycles. The first kappa shape index (κ1) is 20.0. The van der Waals surface area contributed by atoms with Crippen LogP contribution in [-0.2, 0) is 0 Å². The molecule has 0 radical (unpaired) electrons. The van der Waals surface area contributed by atoms with E-state index in [1.807, 2.05) is 17.8 Å². The highest BCUT2D eigenvalue weighted by Gasteiger charge is 2.36. The Morgan fingerprint density at radius 2 is 2.07 bits per heavy atom. The molecule has 1 N–H and O–H groups in total. The molecule has 2 aliphatic rings. The van der Waals surface area contributed by atoms with Crippen LogP contribution in [0, 0.1) is 25.3 Å². The zero-order valence-electron chi connectivity index (χ0n) is 16.9. The zero-order chi connectivity index (χ0) is 20.4. The van der Waals surface area contributed by atoms with Gasteiger partial charge >= 0.3 is 0 Å². The van der Waals surface area contributed by atoms with Crippen molar-refractivity contribution < 1.29 is 4.74 Å². The maximum absolute atomic E-state index is 7.10. The number of aryl methyl sites for hydroxylation is 1. The van der Waals surface area contributed by atoms with Crippen molar-refractivity contribution in [2.45, 2.75) is 64.5 Å². The average Bonchev–Trinajstić information content (AvgIpc) is 3.02. The Morgan fingerprint density at radius 1 is 1.31 bits per heavy atom. The second-order valence-electron chi connectivity index (χ2n) is 8.42. The van der Waals surface area contributed by atoms with Crippen LogP contribution in [0.3, 0.4) is 0 Å². The fraction of sp³-hybridized carbons (Fsp3) is 0.619. The normalized spacial score (nSPS) is 26.4. The van der Waals surface area contributed by atoms with Gasteiger partial charge in [-0.1, -0.05) is 31.4 Å². The van der Waals surface area contributed by atoms with Gasteiger partial charge in [0.1, 0.15) is 5.02 Å². The van der Waals surface area contributed by atoms with Gasteiger partial charge in [0, 0.05) is 19.0 Å². The Hall–Kier alpha value is -2.33. The molecule has 2 heterocycles. The SMILES string of the molecule is [C-]#[N+]C1CC(n2cc(Nc3ncc(Cl)c(OCC4CCC(C)CC4)n3)c(C)n2)C1. The molecule has 2 aromatic rings. The Kier molecular flexibility index (Phi) is 5.91. The number of nitrogens with zero attached hydrogens (tertiary/aromatic N) is 5. The minimum atomic E-state index is 0.132. The van der Waals surface area contributed by atoms with Gasteiger partial charge in [-0.2, -0.15) is 10.1 Å². The molecule has 2 saturated carbocycles. The molecule has 0 unspecified atom stereocenters. The molecule has 7 nitrogen and oxygen atoms in total. The van der Waals surface area contributed by atoms with Gasteiger partial charge in [-0.3, -0.25) is 4.68 Å². The van der Waals surface area contributed by atoms with Gasteiger partial charge in [0.15, 0.2) is 0 Å². The van der Waals surface area contributed by atoms with Crippen LogP contribution in [0.5, 0.6) is 5.88 Å². The third-order valence-corrected chi connectivity index (χ3v) is 6.37. The van der Waals surface area contributed by atoms with Crippen molar-refractivity contribution >= 4 is 23.2 Å². The summed E-state index contributed by atoms with van der Waals surface area (Å²) in [5, 5.41) is 8.23. The van der Waals surface area contributed by atoms with E-state index < -0.39 is 0 Å². The first-order valence-electron chi connectivity index (χ1n) is 10.4. The van der Waals surface area contributed by atoms with E-state index in [1.165, 1.54) is 25.7 Å². The van der Waals surface area contributed by atoms with Gasteiger partial charge in [0.05, 0.1) is 30.2 Å². The van der Waals surface area contributed by atoms with Crippen LogP contribution in [0.2, 0.25) is 5.02 Å². The predicted octanol–water partition coefficient (Wildman–Crippen LogP) is 5.21. The van der Waals surface area contributed by atoms with Crippen LogP contribution in [0.15, 0.2) is 12.4 Å². The number of aromatic nitrogens is 4. The summed E-state index contributed by atoms with van der Waals surface area (Å²) in [5.74, 6) is 2.25. The number of hydrogen-bond acceptors (Lipinski definition) is 5. The van der Waals surface area contributed by atoms with Crippen LogP contribution in [0.4, 0.5) is 11.6 Å². The Labute approximate surface area is 176 Å². The molecular formula is C21H27ClN6O. The first-order chi connectivity index (χ1) is 14.0. The first-order valence-corrected chi connectivity index (χ1v) is 10.7. The van der Waals surface area contributed by atoms with Crippen molar-refractivity contribution in [1.82, 2.24) is 19.7 Å². The van der Waals surface area contributed by atoms with E-state index in [2.05, 4.69) is 32.2 Å². The molecule has 0 amide bonds. The van der Waals surface area contributed by atoms with Gasteiger partial charge in [-0.05, 0) is 31.6 Å². The Balaban J connectivity index is 1.39. The fourth-order valence-corrected chi connectivity index (χ4v) is 4.14. The smallest absolute Gasteiger partial charge is 0.237 e. The van der Waals surface area contributed by atoms with Gasteiger partial charge in [-0.25, -0.2) is 11.6 Å².